The molecule has 3 heterocycles. The number of nitrogens with zero attached hydrogens (tertiary/aromatic N) is 3. The molecule has 0 aliphatic heterocycles. The molecular formula is C14H14N4OS2. The van der Waals surface area contributed by atoms with Crippen LogP contribution in [0.3, 0.4) is 0 Å². The zero-order valence-electron chi connectivity index (χ0n) is 11.9. The lowest BCUT2D eigenvalue weighted by Gasteiger charge is -2.08. The van der Waals surface area contributed by atoms with Crippen molar-refractivity contribution >= 4 is 33.3 Å². The monoisotopic (exact) mass is 318 g/mol. The SMILES string of the molecule is Cc1sc2nc(C(C)Sc3ncccn3)[nH]c(=O)c2c1C. The van der Waals surface area contributed by atoms with E-state index in [2.05, 4.69) is 19.9 Å². The summed E-state index contributed by atoms with van der Waals surface area (Å²) in [5.74, 6) is 0.659. The Labute approximate surface area is 129 Å². The van der Waals surface area contributed by atoms with Crippen LogP contribution in [-0.2, 0) is 0 Å². The van der Waals surface area contributed by atoms with Gasteiger partial charge in [-0.15, -0.1) is 11.3 Å². The molecular weight excluding hydrogens is 304 g/mol. The third-order valence-electron chi connectivity index (χ3n) is 3.27. The van der Waals surface area contributed by atoms with Crippen molar-refractivity contribution in [1.82, 2.24) is 19.9 Å². The van der Waals surface area contributed by atoms with Gasteiger partial charge in [-0.05, 0) is 32.4 Å². The third-order valence-corrected chi connectivity index (χ3v) is 5.37. The molecule has 3 aromatic heterocycles. The predicted octanol–water partition coefficient (Wildman–Crippen LogP) is 3.24. The van der Waals surface area contributed by atoms with Crippen LogP contribution in [0.15, 0.2) is 28.4 Å². The van der Waals surface area contributed by atoms with Gasteiger partial charge >= 0.3 is 0 Å². The van der Waals surface area contributed by atoms with Crippen LogP contribution in [0.1, 0.15) is 28.4 Å². The maximum absolute atomic E-state index is 12.3. The lowest BCUT2D eigenvalue weighted by Crippen LogP contribution is -2.12. The molecule has 0 aliphatic rings. The smallest absolute Gasteiger partial charge is 0.259 e. The van der Waals surface area contributed by atoms with Crippen LogP contribution in [-0.4, -0.2) is 19.9 Å². The number of thiophene rings is 1. The summed E-state index contributed by atoms with van der Waals surface area (Å²) >= 11 is 3.03. The molecule has 3 rings (SSSR count). The molecule has 3 aromatic rings. The Morgan fingerprint density at radius 3 is 2.71 bits per heavy atom. The Hall–Kier alpha value is -1.73. The van der Waals surface area contributed by atoms with Crippen molar-refractivity contribution < 1.29 is 0 Å². The lowest BCUT2D eigenvalue weighted by molar-refractivity contribution is 0.902. The highest BCUT2D eigenvalue weighted by molar-refractivity contribution is 7.99. The average Bonchev–Trinajstić information content (AvgIpc) is 2.75. The van der Waals surface area contributed by atoms with Gasteiger partial charge in [-0.3, -0.25) is 4.79 Å². The molecule has 0 aliphatic carbocycles. The van der Waals surface area contributed by atoms with Crippen LogP contribution in [0.25, 0.3) is 10.2 Å². The molecule has 7 heteroatoms. The summed E-state index contributed by atoms with van der Waals surface area (Å²) in [5.41, 5.74) is 0.945. The van der Waals surface area contributed by atoms with Gasteiger partial charge in [-0.1, -0.05) is 11.8 Å². The van der Waals surface area contributed by atoms with E-state index in [1.807, 2.05) is 20.8 Å². The summed E-state index contributed by atoms with van der Waals surface area (Å²) in [5, 5.41) is 1.35. The Morgan fingerprint density at radius 1 is 1.29 bits per heavy atom. The highest BCUT2D eigenvalue weighted by Crippen LogP contribution is 2.32. The van der Waals surface area contributed by atoms with Gasteiger partial charge in [0.2, 0.25) is 0 Å². The molecule has 0 spiro atoms. The van der Waals surface area contributed by atoms with Crippen LogP contribution in [0.5, 0.6) is 0 Å². The second-order valence-corrected chi connectivity index (χ2v) is 7.22. The van der Waals surface area contributed by atoms with E-state index in [9.17, 15) is 4.79 Å². The molecule has 0 amide bonds. The molecule has 1 N–H and O–H groups in total. The number of H-pyrrole nitrogens is 1. The summed E-state index contributed by atoms with van der Waals surface area (Å²) in [6.07, 6.45) is 3.40. The van der Waals surface area contributed by atoms with Crippen molar-refractivity contribution in [3.63, 3.8) is 0 Å². The Kier molecular flexibility index (Phi) is 3.77. The van der Waals surface area contributed by atoms with E-state index in [1.54, 1.807) is 29.8 Å². The average molecular weight is 318 g/mol. The molecule has 1 unspecified atom stereocenters. The first kappa shape index (κ1) is 14.2. The minimum absolute atomic E-state index is 0.0211. The fraction of sp³-hybridized carbons (Fsp3) is 0.286. The van der Waals surface area contributed by atoms with E-state index in [0.29, 0.717) is 16.4 Å². The van der Waals surface area contributed by atoms with Crippen molar-refractivity contribution in [2.24, 2.45) is 0 Å². The summed E-state index contributed by atoms with van der Waals surface area (Å²) in [6.45, 7) is 5.95. The number of hydrogen-bond acceptors (Lipinski definition) is 6. The number of nitrogens with one attached hydrogen (secondary N) is 1. The molecule has 0 aromatic carbocycles. The normalized spacial score (nSPS) is 12.7. The molecule has 0 fully saturated rings. The number of thioether (sulfide) groups is 1. The molecule has 0 saturated carbocycles. The minimum atomic E-state index is -0.0710. The van der Waals surface area contributed by atoms with Crippen molar-refractivity contribution in [2.75, 3.05) is 0 Å². The standard InChI is InChI=1S/C14H14N4OS2/c1-7-8(2)20-13-10(7)12(19)17-11(18-13)9(3)21-14-15-5-4-6-16-14/h4-6,9H,1-3H3,(H,17,18,19). The predicted molar refractivity (Wildman–Crippen MR) is 86.0 cm³/mol. The van der Waals surface area contributed by atoms with Crippen molar-refractivity contribution in [3.05, 3.63) is 45.1 Å². The molecule has 1 atom stereocenters. The number of aryl methyl sites for hydroxylation is 2. The van der Waals surface area contributed by atoms with Gasteiger partial charge in [0, 0.05) is 17.3 Å². The van der Waals surface area contributed by atoms with Crippen LogP contribution in [0.4, 0.5) is 0 Å². The third kappa shape index (κ3) is 2.71. The van der Waals surface area contributed by atoms with E-state index >= 15 is 0 Å². The summed E-state index contributed by atoms with van der Waals surface area (Å²) in [7, 11) is 0. The number of hydrogen-bond donors (Lipinski definition) is 1. The highest BCUT2D eigenvalue weighted by Gasteiger charge is 2.16. The first-order chi connectivity index (χ1) is 10.1. The summed E-state index contributed by atoms with van der Waals surface area (Å²) in [4.78, 5) is 30.0. The van der Waals surface area contributed by atoms with E-state index < -0.39 is 0 Å². The fourth-order valence-electron chi connectivity index (χ4n) is 2.02. The van der Waals surface area contributed by atoms with Gasteiger partial charge in [0.25, 0.3) is 5.56 Å². The quantitative estimate of drug-likeness (QED) is 0.593. The Morgan fingerprint density at radius 2 is 2.00 bits per heavy atom. The fourth-order valence-corrected chi connectivity index (χ4v) is 3.84. The largest absolute Gasteiger partial charge is 0.309 e. The van der Waals surface area contributed by atoms with Gasteiger partial charge in [0.05, 0.1) is 10.6 Å². The van der Waals surface area contributed by atoms with Crippen LogP contribution < -0.4 is 5.56 Å². The van der Waals surface area contributed by atoms with Crippen LogP contribution >= 0.6 is 23.1 Å². The molecule has 21 heavy (non-hydrogen) atoms. The molecule has 5 nitrogen and oxygen atoms in total. The van der Waals surface area contributed by atoms with Crippen LogP contribution in [0, 0.1) is 13.8 Å². The van der Waals surface area contributed by atoms with Crippen molar-refractivity contribution in [2.45, 2.75) is 31.2 Å². The first-order valence-corrected chi connectivity index (χ1v) is 8.19. The van der Waals surface area contributed by atoms with Crippen LogP contribution in [0.2, 0.25) is 0 Å². The van der Waals surface area contributed by atoms with Gasteiger partial charge in [-0.25, -0.2) is 15.0 Å². The number of fused-ring (bicyclic) bond motifs is 1. The molecule has 108 valence electrons. The lowest BCUT2D eigenvalue weighted by atomic mass is 10.2. The zero-order valence-corrected chi connectivity index (χ0v) is 13.5. The van der Waals surface area contributed by atoms with E-state index in [0.717, 1.165) is 15.3 Å². The van der Waals surface area contributed by atoms with Gasteiger partial charge in [0.15, 0.2) is 5.16 Å². The second kappa shape index (κ2) is 5.57. The highest BCUT2D eigenvalue weighted by atomic mass is 32.2. The van der Waals surface area contributed by atoms with Gasteiger partial charge in [-0.2, -0.15) is 0 Å². The number of aromatic amines is 1. The molecule has 0 saturated heterocycles. The Balaban J connectivity index is 1.99. The second-order valence-electron chi connectivity index (χ2n) is 4.71. The van der Waals surface area contributed by atoms with Crippen molar-refractivity contribution in [1.29, 1.82) is 0 Å². The maximum Gasteiger partial charge on any atom is 0.259 e. The summed E-state index contributed by atoms with van der Waals surface area (Å²) in [6, 6.07) is 1.78. The zero-order chi connectivity index (χ0) is 15.0. The Bertz CT molecular complexity index is 841. The van der Waals surface area contributed by atoms with E-state index in [4.69, 9.17) is 0 Å². The van der Waals surface area contributed by atoms with Crippen molar-refractivity contribution in [3.8, 4) is 0 Å². The summed E-state index contributed by atoms with van der Waals surface area (Å²) < 4.78 is 0. The number of aromatic nitrogens is 4. The molecule has 0 radical (unpaired) electrons. The first-order valence-electron chi connectivity index (χ1n) is 6.50. The maximum atomic E-state index is 12.3. The van der Waals surface area contributed by atoms with Gasteiger partial charge < -0.3 is 4.98 Å². The van der Waals surface area contributed by atoms with E-state index in [-0.39, 0.29) is 10.8 Å². The van der Waals surface area contributed by atoms with E-state index in [1.165, 1.54) is 11.8 Å². The molecule has 0 bridgehead atoms. The van der Waals surface area contributed by atoms with Gasteiger partial charge in [0.1, 0.15) is 10.7 Å². The minimum Gasteiger partial charge on any atom is -0.309 e. The number of rotatable bonds is 3. The topological polar surface area (TPSA) is 71.5 Å².